The first kappa shape index (κ1) is 13.9. The summed E-state index contributed by atoms with van der Waals surface area (Å²) in [5.74, 6) is 0. The van der Waals surface area contributed by atoms with Crippen LogP contribution in [0.3, 0.4) is 0 Å². The van der Waals surface area contributed by atoms with E-state index < -0.39 is 4.92 Å². The molecule has 0 atom stereocenters. The molecule has 1 heterocycles. The molecule has 0 fully saturated rings. The third-order valence-electron chi connectivity index (χ3n) is 2.46. The minimum Gasteiger partial charge on any atom is -0.320 e. The first-order valence-electron chi connectivity index (χ1n) is 5.17. The number of nitro groups is 1. The van der Waals surface area contributed by atoms with Crippen LogP contribution in [0.4, 0.5) is 5.69 Å². The fourth-order valence-electron chi connectivity index (χ4n) is 1.48. The van der Waals surface area contributed by atoms with Gasteiger partial charge in [0.05, 0.1) is 15.6 Å². The first-order chi connectivity index (χ1) is 7.99. The third-order valence-corrected chi connectivity index (χ3v) is 3.40. The predicted octanol–water partition coefficient (Wildman–Crippen LogP) is 1.44. The van der Waals surface area contributed by atoms with Gasteiger partial charge in [-0.3, -0.25) is 14.9 Å². The van der Waals surface area contributed by atoms with Crippen LogP contribution in [0.1, 0.15) is 12.0 Å². The molecule has 0 aliphatic heterocycles. The minimum atomic E-state index is -0.478. The molecule has 0 aromatic carbocycles. The lowest BCUT2D eigenvalue weighted by Crippen LogP contribution is -2.23. The Morgan fingerprint density at radius 3 is 2.76 bits per heavy atom. The van der Waals surface area contributed by atoms with E-state index in [4.69, 9.17) is 0 Å². The van der Waals surface area contributed by atoms with Crippen LogP contribution in [0.15, 0.2) is 15.5 Å². The van der Waals surface area contributed by atoms with Crippen molar-refractivity contribution < 1.29 is 4.92 Å². The summed E-state index contributed by atoms with van der Waals surface area (Å²) in [6, 6.07) is 0. The summed E-state index contributed by atoms with van der Waals surface area (Å²) in [5.41, 5.74) is 0.0926. The Labute approximate surface area is 107 Å². The number of aromatic nitrogens is 1. The number of nitrogens with one attached hydrogen (secondary N) is 1. The number of nitrogens with zero attached hydrogens (tertiary/aromatic N) is 2. The van der Waals surface area contributed by atoms with E-state index >= 15 is 0 Å². The molecule has 1 aromatic rings. The Morgan fingerprint density at radius 1 is 1.59 bits per heavy atom. The molecule has 6 nitrogen and oxygen atoms in total. The third kappa shape index (κ3) is 3.13. The van der Waals surface area contributed by atoms with E-state index in [0.717, 1.165) is 13.0 Å². The molecule has 1 N–H and O–H groups in total. The zero-order valence-corrected chi connectivity index (χ0v) is 11.3. The molecule has 94 valence electrons. The predicted molar refractivity (Wildman–Crippen MR) is 68.3 cm³/mol. The van der Waals surface area contributed by atoms with Crippen molar-refractivity contribution in [3.05, 3.63) is 36.7 Å². The Morgan fingerprint density at radius 2 is 2.24 bits per heavy atom. The van der Waals surface area contributed by atoms with Gasteiger partial charge < -0.3 is 9.88 Å². The average molecular weight is 304 g/mol. The number of aryl methyl sites for hydroxylation is 1. The number of hydrogen-bond acceptors (Lipinski definition) is 4. The first-order valence-corrected chi connectivity index (χ1v) is 5.97. The van der Waals surface area contributed by atoms with Gasteiger partial charge in [-0.1, -0.05) is 0 Å². The van der Waals surface area contributed by atoms with Crippen LogP contribution < -0.4 is 10.9 Å². The van der Waals surface area contributed by atoms with Crippen molar-refractivity contribution in [1.82, 2.24) is 9.88 Å². The van der Waals surface area contributed by atoms with Gasteiger partial charge in [0.15, 0.2) is 0 Å². The SMILES string of the molecule is CNCCCn1cc([N+](=O)[O-])c(C)c(Br)c1=O. The van der Waals surface area contributed by atoms with Crippen molar-refractivity contribution >= 4 is 21.6 Å². The maximum absolute atomic E-state index is 11.8. The fourth-order valence-corrected chi connectivity index (χ4v) is 1.91. The van der Waals surface area contributed by atoms with E-state index in [0.29, 0.717) is 12.1 Å². The molecule has 0 saturated heterocycles. The highest BCUT2D eigenvalue weighted by molar-refractivity contribution is 9.10. The summed E-state index contributed by atoms with van der Waals surface area (Å²) in [6.07, 6.45) is 2.04. The lowest BCUT2D eigenvalue weighted by molar-refractivity contribution is -0.386. The van der Waals surface area contributed by atoms with Gasteiger partial charge in [0.1, 0.15) is 0 Å². The lowest BCUT2D eigenvalue weighted by atomic mass is 10.2. The van der Waals surface area contributed by atoms with Crippen LogP contribution in [-0.2, 0) is 6.54 Å². The topological polar surface area (TPSA) is 77.2 Å². The number of rotatable bonds is 5. The van der Waals surface area contributed by atoms with Gasteiger partial charge in [0.2, 0.25) is 0 Å². The van der Waals surface area contributed by atoms with Crippen molar-refractivity contribution in [3.63, 3.8) is 0 Å². The molecule has 0 saturated carbocycles. The van der Waals surface area contributed by atoms with E-state index in [1.54, 1.807) is 6.92 Å². The smallest absolute Gasteiger partial charge is 0.289 e. The van der Waals surface area contributed by atoms with E-state index in [-0.39, 0.29) is 15.7 Å². The average Bonchev–Trinajstić information content (AvgIpc) is 2.29. The van der Waals surface area contributed by atoms with Crippen molar-refractivity contribution in [3.8, 4) is 0 Å². The van der Waals surface area contributed by atoms with Gasteiger partial charge in [0.25, 0.3) is 11.2 Å². The second kappa shape index (κ2) is 5.92. The van der Waals surface area contributed by atoms with Crippen molar-refractivity contribution in [2.45, 2.75) is 19.9 Å². The highest BCUT2D eigenvalue weighted by Crippen LogP contribution is 2.22. The summed E-state index contributed by atoms with van der Waals surface area (Å²) in [6.45, 7) is 2.77. The zero-order valence-electron chi connectivity index (χ0n) is 9.70. The lowest BCUT2D eigenvalue weighted by Gasteiger charge is -2.08. The molecule has 0 unspecified atom stereocenters. The second-order valence-corrected chi connectivity index (χ2v) is 4.46. The summed E-state index contributed by atoms with van der Waals surface area (Å²) in [4.78, 5) is 22.2. The van der Waals surface area contributed by atoms with Crippen LogP contribution in [0.2, 0.25) is 0 Å². The molecule has 1 rings (SSSR count). The molecule has 0 aliphatic carbocycles. The molecule has 7 heteroatoms. The normalized spacial score (nSPS) is 10.5. The van der Waals surface area contributed by atoms with E-state index in [9.17, 15) is 14.9 Å². The van der Waals surface area contributed by atoms with Crippen LogP contribution in [0, 0.1) is 17.0 Å². The number of pyridine rings is 1. The molecule has 1 aromatic heterocycles. The minimum absolute atomic E-state index is 0.0408. The molecule has 0 spiro atoms. The summed E-state index contributed by atoms with van der Waals surface area (Å²) < 4.78 is 1.63. The van der Waals surface area contributed by atoms with E-state index in [1.807, 2.05) is 7.05 Å². The maximum atomic E-state index is 11.8. The molecular weight excluding hydrogens is 290 g/mol. The van der Waals surface area contributed by atoms with Crippen LogP contribution >= 0.6 is 15.9 Å². The van der Waals surface area contributed by atoms with Crippen LogP contribution in [0.25, 0.3) is 0 Å². The molecule has 0 bridgehead atoms. The Balaban J connectivity index is 3.14. The monoisotopic (exact) mass is 303 g/mol. The molecule has 0 amide bonds. The van der Waals surface area contributed by atoms with Crippen LogP contribution in [-0.4, -0.2) is 23.1 Å². The van der Waals surface area contributed by atoms with Gasteiger partial charge in [-0.2, -0.15) is 0 Å². The largest absolute Gasteiger partial charge is 0.320 e. The summed E-state index contributed by atoms with van der Waals surface area (Å²) in [5, 5.41) is 13.8. The highest BCUT2D eigenvalue weighted by atomic mass is 79.9. The zero-order chi connectivity index (χ0) is 13.0. The second-order valence-electron chi connectivity index (χ2n) is 3.67. The molecular formula is C10H14BrN3O3. The highest BCUT2D eigenvalue weighted by Gasteiger charge is 2.17. The van der Waals surface area contributed by atoms with Crippen molar-refractivity contribution in [2.24, 2.45) is 0 Å². The summed E-state index contributed by atoms with van der Waals surface area (Å²) in [7, 11) is 1.82. The van der Waals surface area contributed by atoms with E-state index in [1.165, 1.54) is 10.8 Å². The van der Waals surface area contributed by atoms with Gasteiger partial charge in [0, 0.05) is 12.1 Å². The maximum Gasteiger partial charge on any atom is 0.289 e. The van der Waals surface area contributed by atoms with Gasteiger partial charge in [-0.05, 0) is 42.9 Å². The van der Waals surface area contributed by atoms with E-state index in [2.05, 4.69) is 21.2 Å². The Kier molecular flexibility index (Phi) is 4.83. The summed E-state index contributed by atoms with van der Waals surface area (Å²) >= 11 is 3.10. The van der Waals surface area contributed by atoms with Gasteiger partial charge in [-0.25, -0.2) is 0 Å². The quantitative estimate of drug-likeness (QED) is 0.507. The van der Waals surface area contributed by atoms with Gasteiger partial charge in [-0.15, -0.1) is 0 Å². The molecule has 0 radical (unpaired) electrons. The Hall–Kier alpha value is -1.21. The van der Waals surface area contributed by atoms with Gasteiger partial charge >= 0.3 is 0 Å². The Bertz CT molecular complexity index is 484. The van der Waals surface area contributed by atoms with Crippen molar-refractivity contribution in [1.29, 1.82) is 0 Å². The van der Waals surface area contributed by atoms with Crippen molar-refractivity contribution in [2.75, 3.05) is 13.6 Å². The molecule has 0 aliphatic rings. The van der Waals surface area contributed by atoms with Crippen LogP contribution in [0.5, 0.6) is 0 Å². The fraction of sp³-hybridized carbons (Fsp3) is 0.500. The standard InChI is InChI=1S/C10H14BrN3O3/c1-7-8(14(16)17)6-13(5-3-4-12-2)10(15)9(7)11/h6,12H,3-5H2,1-2H3. The molecule has 17 heavy (non-hydrogen) atoms. The number of halogens is 1. The number of hydrogen-bond donors (Lipinski definition) is 1.